The van der Waals surface area contributed by atoms with E-state index in [-0.39, 0.29) is 5.82 Å². The van der Waals surface area contributed by atoms with Crippen molar-refractivity contribution in [1.82, 2.24) is 9.99 Å². The second kappa shape index (κ2) is 4.78. The molecule has 0 saturated carbocycles. The first-order valence-electron chi connectivity index (χ1n) is 5.17. The summed E-state index contributed by atoms with van der Waals surface area (Å²) in [6, 6.07) is 8.34. The van der Waals surface area contributed by atoms with Crippen LogP contribution in [-0.4, -0.2) is 17.0 Å². The van der Waals surface area contributed by atoms with Crippen molar-refractivity contribution in [2.75, 3.05) is 7.05 Å². The summed E-state index contributed by atoms with van der Waals surface area (Å²) in [4.78, 5) is 13.2. The fourth-order valence-corrected chi connectivity index (χ4v) is 1.66. The Balaban J connectivity index is 2.24. The number of nitrogens with zero attached hydrogens (tertiary/aromatic N) is 2. The molecule has 2 rings (SSSR count). The summed E-state index contributed by atoms with van der Waals surface area (Å²) in [6.45, 7) is 0.397. The Bertz CT molecular complexity index is 524. The lowest BCUT2D eigenvalue weighted by atomic mass is 10.1. The van der Waals surface area contributed by atoms with Crippen LogP contribution in [0.25, 0.3) is 11.3 Å². The molecular formula is C12H12FN3O. The third-order valence-corrected chi connectivity index (χ3v) is 2.46. The molecule has 0 spiro atoms. The predicted molar refractivity (Wildman–Crippen MR) is 63.4 cm³/mol. The summed E-state index contributed by atoms with van der Waals surface area (Å²) in [7, 11) is 1.59. The van der Waals surface area contributed by atoms with Gasteiger partial charge in [-0.3, -0.25) is 5.01 Å². The maximum Gasteiger partial charge on any atom is 0.132 e. The van der Waals surface area contributed by atoms with Crippen molar-refractivity contribution in [2.24, 2.45) is 5.29 Å². The molecule has 0 saturated heterocycles. The third-order valence-electron chi connectivity index (χ3n) is 2.46. The monoisotopic (exact) mass is 233 g/mol. The lowest BCUT2D eigenvalue weighted by Crippen LogP contribution is -2.07. The normalized spacial score (nSPS) is 10.2. The van der Waals surface area contributed by atoms with E-state index in [1.807, 2.05) is 0 Å². The van der Waals surface area contributed by atoms with E-state index in [0.29, 0.717) is 17.8 Å². The molecular weight excluding hydrogens is 221 g/mol. The second-order valence-electron chi connectivity index (χ2n) is 3.80. The Morgan fingerprint density at radius 1 is 1.41 bits per heavy atom. The molecule has 88 valence electrons. The first-order valence-corrected chi connectivity index (χ1v) is 5.17. The van der Waals surface area contributed by atoms with Gasteiger partial charge < -0.3 is 4.98 Å². The van der Waals surface area contributed by atoms with Gasteiger partial charge in [0.05, 0.1) is 11.8 Å². The maximum atomic E-state index is 13.5. The van der Waals surface area contributed by atoms with E-state index in [9.17, 15) is 9.30 Å². The Hall–Kier alpha value is -2.17. The molecule has 0 unspecified atom stereocenters. The predicted octanol–water partition coefficient (Wildman–Crippen LogP) is 2.93. The summed E-state index contributed by atoms with van der Waals surface area (Å²) in [5, 5.41) is 4.05. The van der Waals surface area contributed by atoms with Gasteiger partial charge in [-0.05, 0) is 23.8 Å². The molecule has 0 bridgehead atoms. The molecule has 0 atom stereocenters. The molecule has 1 aromatic heterocycles. The fraction of sp³-hybridized carbons (Fsp3) is 0.167. The molecule has 0 aliphatic heterocycles. The molecule has 0 amide bonds. The minimum atomic E-state index is -0.275. The van der Waals surface area contributed by atoms with Crippen LogP contribution in [0.5, 0.6) is 0 Å². The van der Waals surface area contributed by atoms with Gasteiger partial charge >= 0.3 is 0 Å². The number of hydrogen-bond acceptors (Lipinski definition) is 2. The van der Waals surface area contributed by atoms with Crippen molar-refractivity contribution in [3.63, 3.8) is 0 Å². The van der Waals surface area contributed by atoms with Crippen molar-refractivity contribution in [3.05, 3.63) is 52.8 Å². The van der Waals surface area contributed by atoms with Crippen LogP contribution in [0.2, 0.25) is 0 Å². The standard InChI is InChI=1S/C12H12FN3O/c1-16(15-17)8-9-6-12(14-7-9)10-4-2-3-5-11(10)13/h2-7,14H,8H2,1H3. The van der Waals surface area contributed by atoms with Gasteiger partial charge in [0.15, 0.2) is 0 Å². The van der Waals surface area contributed by atoms with E-state index < -0.39 is 0 Å². The number of benzene rings is 1. The first kappa shape index (κ1) is 11.3. The zero-order chi connectivity index (χ0) is 12.3. The highest BCUT2D eigenvalue weighted by Gasteiger charge is 2.07. The molecule has 5 heteroatoms. The number of halogens is 1. The van der Waals surface area contributed by atoms with Crippen molar-refractivity contribution in [2.45, 2.75) is 6.54 Å². The van der Waals surface area contributed by atoms with E-state index in [0.717, 1.165) is 5.56 Å². The minimum Gasteiger partial charge on any atom is -0.361 e. The van der Waals surface area contributed by atoms with Gasteiger partial charge in [0.1, 0.15) is 5.82 Å². The van der Waals surface area contributed by atoms with Gasteiger partial charge in [0, 0.05) is 24.5 Å². The van der Waals surface area contributed by atoms with Crippen LogP contribution in [-0.2, 0) is 6.54 Å². The van der Waals surface area contributed by atoms with Gasteiger partial charge in [-0.25, -0.2) is 4.39 Å². The zero-order valence-electron chi connectivity index (χ0n) is 9.35. The van der Waals surface area contributed by atoms with E-state index in [4.69, 9.17) is 0 Å². The molecule has 0 aliphatic rings. The summed E-state index contributed by atoms with van der Waals surface area (Å²) < 4.78 is 13.5. The smallest absolute Gasteiger partial charge is 0.132 e. The number of H-pyrrole nitrogens is 1. The fourth-order valence-electron chi connectivity index (χ4n) is 1.66. The number of rotatable bonds is 4. The number of nitrogens with one attached hydrogen (secondary N) is 1. The van der Waals surface area contributed by atoms with E-state index in [1.54, 1.807) is 37.5 Å². The molecule has 1 aromatic carbocycles. The van der Waals surface area contributed by atoms with Crippen molar-refractivity contribution in [1.29, 1.82) is 0 Å². The van der Waals surface area contributed by atoms with Crippen LogP contribution < -0.4 is 0 Å². The second-order valence-corrected chi connectivity index (χ2v) is 3.80. The SMILES string of the molecule is CN(Cc1c[nH]c(-c2ccccc2F)c1)N=O. The summed E-state index contributed by atoms with van der Waals surface area (Å²) in [6.07, 6.45) is 1.74. The van der Waals surface area contributed by atoms with Gasteiger partial charge in [-0.15, -0.1) is 4.91 Å². The van der Waals surface area contributed by atoms with E-state index >= 15 is 0 Å². The minimum absolute atomic E-state index is 0.275. The van der Waals surface area contributed by atoms with Crippen LogP contribution in [0, 0.1) is 10.7 Å². The Morgan fingerprint density at radius 3 is 2.88 bits per heavy atom. The Kier molecular flexibility index (Phi) is 3.18. The number of aromatic nitrogens is 1. The van der Waals surface area contributed by atoms with Gasteiger partial charge in [0.25, 0.3) is 0 Å². The van der Waals surface area contributed by atoms with Crippen molar-refractivity contribution in [3.8, 4) is 11.3 Å². The number of nitroso groups, excluding NO2 is 1. The number of hydrogen-bond donors (Lipinski definition) is 1. The van der Waals surface area contributed by atoms with Crippen LogP contribution in [0.4, 0.5) is 4.39 Å². The van der Waals surface area contributed by atoms with Crippen LogP contribution in [0.15, 0.2) is 41.8 Å². The Labute approximate surface area is 98.0 Å². The quantitative estimate of drug-likeness (QED) is 0.652. The van der Waals surface area contributed by atoms with Crippen molar-refractivity contribution >= 4 is 0 Å². The zero-order valence-corrected chi connectivity index (χ0v) is 9.35. The summed E-state index contributed by atoms with van der Waals surface area (Å²) in [5.74, 6) is -0.275. The largest absolute Gasteiger partial charge is 0.361 e. The number of aromatic amines is 1. The van der Waals surface area contributed by atoms with Crippen molar-refractivity contribution < 1.29 is 4.39 Å². The molecule has 0 aliphatic carbocycles. The molecule has 2 aromatic rings. The van der Waals surface area contributed by atoms with Gasteiger partial charge in [-0.2, -0.15) is 0 Å². The van der Waals surface area contributed by atoms with Crippen LogP contribution in [0.3, 0.4) is 0 Å². The van der Waals surface area contributed by atoms with E-state index in [2.05, 4.69) is 10.3 Å². The molecule has 0 radical (unpaired) electrons. The molecule has 0 fully saturated rings. The highest BCUT2D eigenvalue weighted by Crippen LogP contribution is 2.22. The molecule has 17 heavy (non-hydrogen) atoms. The lowest BCUT2D eigenvalue weighted by molar-refractivity contribution is 0.342. The van der Waals surface area contributed by atoms with Crippen LogP contribution in [0.1, 0.15) is 5.56 Å². The highest BCUT2D eigenvalue weighted by atomic mass is 19.1. The topological polar surface area (TPSA) is 48.5 Å². The first-order chi connectivity index (χ1) is 8.20. The molecule has 1 heterocycles. The van der Waals surface area contributed by atoms with E-state index in [1.165, 1.54) is 11.1 Å². The maximum absolute atomic E-state index is 13.5. The van der Waals surface area contributed by atoms with Gasteiger partial charge in [0.2, 0.25) is 0 Å². The summed E-state index contributed by atoms with van der Waals surface area (Å²) >= 11 is 0. The average Bonchev–Trinajstić information content (AvgIpc) is 2.78. The average molecular weight is 233 g/mol. The lowest BCUT2D eigenvalue weighted by Gasteiger charge is -2.05. The summed E-state index contributed by atoms with van der Waals surface area (Å²) in [5.41, 5.74) is 2.09. The molecule has 1 N–H and O–H groups in total. The highest BCUT2D eigenvalue weighted by molar-refractivity contribution is 5.60. The van der Waals surface area contributed by atoms with Gasteiger partial charge in [-0.1, -0.05) is 12.1 Å². The Morgan fingerprint density at radius 2 is 2.18 bits per heavy atom. The molecule has 4 nitrogen and oxygen atoms in total. The third kappa shape index (κ3) is 2.50. The van der Waals surface area contributed by atoms with Crippen LogP contribution >= 0.6 is 0 Å².